The fourth-order valence-electron chi connectivity index (χ4n) is 1.72. The van der Waals surface area contributed by atoms with Gasteiger partial charge in [0.15, 0.2) is 0 Å². The summed E-state index contributed by atoms with van der Waals surface area (Å²) in [5.74, 6) is 1.62. The Morgan fingerprint density at radius 2 is 1.85 bits per heavy atom. The van der Waals surface area contributed by atoms with Gasteiger partial charge in [-0.25, -0.2) is 0 Å². The van der Waals surface area contributed by atoms with Crippen LogP contribution in [0.2, 0.25) is 0 Å². The molecule has 0 unspecified atom stereocenters. The van der Waals surface area contributed by atoms with E-state index in [9.17, 15) is 4.79 Å². The van der Waals surface area contributed by atoms with E-state index in [1.54, 1.807) is 0 Å². The van der Waals surface area contributed by atoms with Crippen molar-refractivity contribution in [2.75, 3.05) is 5.33 Å². The SMILES string of the molecule is Cc1ccccc1Oc1ccc(CNC(=O)CBr)cc1. The molecule has 20 heavy (non-hydrogen) atoms. The molecule has 0 heterocycles. The third-order valence-electron chi connectivity index (χ3n) is 2.86. The topological polar surface area (TPSA) is 38.3 Å². The molecule has 0 aliphatic heterocycles. The van der Waals surface area contributed by atoms with Crippen LogP contribution in [0.4, 0.5) is 0 Å². The lowest BCUT2D eigenvalue weighted by atomic mass is 10.2. The van der Waals surface area contributed by atoms with E-state index in [0.717, 1.165) is 22.6 Å². The van der Waals surface area contributed by atoms with Crippen molar-refractivity contribution < 1.29 is 9.53 Å². The summed E-state index contributed by atoms with van der Waals surface area (Å²) < 4.78 is 5.82. The smallest absolute Gasteiger partial charge is 0.230 e. The third kappa shape index (κ3) is 4.10. The molecular formula is C16H16BrNO2. The van der Waals surface area contributed by atoms with Crippen molar-refractivity contribution >= 4 is 21.8 Å². The molecule has 2 aromatic rings. The van der Waals surface area contributed by atoms with Crippen LogP contribution in [0, 0.1) is 6.92 Å². The normalized spacial score (nSPS) is 10.1. The van der Waals surface area contributed by atoms with Gasteiger partial charge in [0.25, 0.3) is 0 Å². The predicted octanol–water partition coefficient (Wildman–Crippen LogP) is 3.80. The van der Waals surface area contributed by atoms with Crippen molar-refractivity contribution in [2.45, 2.75) is 13.5 Å². The van der Waals surface area contributed by atoms with E-state index in [1.165, 1.54) is 0 Å². The predicted molar refractivity (Wildman–Crippen MR) is 83.3 cm³/mol. The molecule has 0 aliphatic rings. The van der Waals surface area contributed by atoms with Gasteiger partial charge in [0.1, 0.15) is 11.5 Å². The first-order valence-corrected chi connectivity index (χ1v) is 7.46. The highest BCUT2D eigenvalue weighted by Crippen LogP contribution is 2.24. The Morgan fingerprint density at radius 1 is 1.15 bits per heavy atom. The number of para-hydroxylation sites is 1. The Bertz CT molecular complexity index is 581. The molecule has 0 saturated heterocycles. The van der Waals surface area contributed by atoms with Crippen LogP contribution in [-0.4, -0.2) is 11.2 Å². The van der Waals surface area contributed by atoms with Gasteiger partial charge in [-0.15, -0.1) is 0 Å². The fraction of sp³-hybridized carbons (Fsp3) is 0.188. The first kappa shape index (κ1) is 14.6. The summed E-state index contributed by atoms with van der Waals surface area (Å²) in [5, 5.41) is 3.12. The minimum absolute atomic E-state index is 0.0229. The molecule has 2 rings (SSSR count). The molecule has 0 fully saturated rings. The van der Waals surface area contributed by atoms with Crippen molar-refractivity contribution in [1.29, 1.82) is 0 Å². The number of ether oxygens (including phenoxy) is 1. The standard InChI is InChI=1S/C16H16BrNO2/c1-12-4-2-3-5-15(12)20-14-8-6-13(7-9-14)11-18-16(19)10-17/h2-9H,10-11H2,1H3,(H,18,19). The first-order chi connectivity index (χ1) is 9.69. The van der Waals surface area contributed by atoms with Gasteiger partial charge in [-0.05, 0) is 36.2 Å². The van der Waals surface area contributed by atoms with Crippen molar-refractivity contribution in [2.24, 2.45) is 0 Å². The number of hydrogen-bond donors (Lipinski definition) is 1. The van der Waals surface area contributed by atoms with Gasteiger partial charge < -0.3 is 10.1 Å². The fourth-order valence-corrected chi connectivity index (χ4v) is 1.92. The number of carbonyl (C=O) groups is 1. The molecule has 0 aromatic heterocycles. The summed E-state index contributed by atoms with van der Waals surface area (Å²) in [5.41, 5.74) is 2.14. The van der Waals surface area contributed by atoms with Crippen LogP contribution >= 0.6 is 15.9 Å². The molecule has 0 saturated carbocycles. The summed E-state index contributed by atoms with van der Waals surface area (Å²) in [6, 6.07) is 15.6. The van der Waals surface area contributed by atoms with Gasteiger partial charge in [0, 0.05) is 6.54 Å². The molecule has 1 N–H and O–H groups in total. The van der Waals surface area contributed by atoms with Gasteiger partial charge in [-0.3, -0.25) is 4.79 Å². The van der Waals surface area contributed by atoms with Gasteiger partial charge in [-0.2, -0.15) is 0 Å². The average Bonchev–Trinajstić information content (AvgIpc) is 2.48. The number of aryl methyl sites for hydroxylation is 1. The maximum absolute atomic E-state index is 11.1. The molecule has 0 radical (unpaired) electrons. The zero-order valence-corrected chi connectivity index (χ0v) is 12.8. The Hall–Kier alpha value is -1.81. The highest BCUT2D eigenvalue weighted by molar-refractivity contribution is 9.09. The molecule has 2 aromatic carbocycles. The van der Waals surface area contributed by atoms with Gasteiger partial charge in [0.05, 0.1) is 5.33 Å². The number of alkyl halides is 1. The monoisotopic (exact) mass is 333 g/mol. The zero-order chi connectivity index (χ0) is 14.4. The number of benzene rings is 2. The van der Waals surface area contributed by atoms with Crippen LogP contribution in [0.15, 0.2) is 48.5 Å². The number of nitrogens with one attached hydrogen (secondary N) is 1. The third-order valence-corrected chi connectivity index (χ3v) is 3.37. The van der Waals surface area contributed by atoms with Crippen LogP contribution in [0.1, 0.15) is 11.1 Å². The molecule has 104 valence electrons. The van der Waals surface area contributed by atoms with Crippen molar-refractivity contribution in [3.63, 3.8) is 0 Å². The largest absolute Gasteiger partial charge is 0.457 e. The van der Waals surface area contributed by atoms with E-state index < -0.39 is 0 Å². The minimum atomic E-state index is -0.0229. The molecule has 0 bridgehead atoms. The Kier molecular flexibility index (Phi) is 5.18. The van der Waals surface area contributed by atoms with E-state index >= 15 is 0 Å². The average molecular weight is 334 g/mol. The van der Waals surface area contributed by atoms with Crippen LogP contribution < -0.4 is 10.1 Å². The number of halogens is 1. The highest BCUT2D eigenvalue weighted by atomic mass is 79.9. The summed E-state index contributed by atoms with van der Waals surface area (Å²) in [7, 11) is 0. The van der Waals surface area contributed by atoms with Gasteiger partial charge in [0.2, 0.25) is 5.91 Å². The zero-order valence-electron chi connectivity index (χ0n) is 11.2. The van der Waals surface area contributed by atoms with E-state index in [4.69, 9.17) is 4.74 Å². The van der Waals surface area contributed by atoms with E-state index in [1.807, 2.05) is 55.5 Å². The number of carbonyl (C=O) groups excluding carboxylic acids is 1. The number of rotatable bonds is 5. The van der Waals surface area contributed by atoms with Crippen LogP contribution in [0.3, 0.4) is 0 Å². The molecule has 3 nitrogen and oxygen atoms in total. The molecule has 1 amide bonds. The second-order valence-corrected chi connectivity index (χ2v) is 4.98. The lowest BCUT2D eigenvalue weighted by Gasteiger charge is -2.09. The van der Waals surface area contributed by atoms with E-state index in [-0.39, 0.29) is 5.91 Å². The summed E-state index contributed by atoms with van der Waals surface area (Å²) in [6.07, 6.45) is 0. The van der Waals surface area contributed by atoms with Crippen molar-refractivity contribution in [3.05, 3.63) is 59.7 Å². The first-order valence-electron chi connectivity index (χ1n) is 6.34. The summed E-state index contributed by atoms with van der Waals surface area (Å²) in [6.45, 7) is 2.54. The molecule has 0 atom stereocenters. The second kappa shape index (κ2) is 7.10. The minimum Gasteiger partial charge on any atom is -0.457 e. The molecular weight excluding hydrogens is 318 g/mol. The van der Waals surface area contributed by atoms with Crippen LogP contribution in [0.25, 0.3) is 0 Å². The quantitative estimate of drug-likeness (QED) is 0.845. The lowest BCUT2D eigenvalue weighted by Crippen LogP contribution is -2.23. The maximum atomic E-state index is 11.1. The van der Waals surface area contributed by atoms with Crippen LogP contribution in [0.5, 0.6) is 11.5 Å². The molecule has 0 aliphatic carbocycles. The Balaban J connectivity index is 1.98. The van der Waals surface area contributed by atoms with E-state index in [0.29, 0.717) is 11.9 Å². The molecule has 4 heteroatoms. The highest BCUT2D eigenvalue weighted by Gasteiger charge is 2.02. The number of amides is 1. The second-order valence-electron chi connectivity index (χ2n) is 4.42. The Morgan fingerprint density at radius 3 is 2.50 bits per heavy atom. The van der Waals surface area contributed by atoms with Gasteiger partial charge >= 0.3 is 0 Å². The summed E-state index contributed by atoms with van der Waals surface area (Å²) in [4.78, 5) is 11.1. The Labute approximate surface area is 127 Å². The number of hydrogen-bond acceptors (Lipinski definition) is 2. The van der Waals surface area contributed by atoms with Crippen LogP contribution in [-0.2, 0) is 11.3 Å². The maximum Gasteiger partial charge on any atom is 0.230 e. The van der Waals surface area contributed by atoms with Crippen molar-refractivity contribution in [1.82, 2.24) is 5.32 Å². The lowest BCUT2D eigenvalue weighted by molar-refractivity contribution is -0.118. The van der Waals surface area contributed by atoms with Gasteiger partial charge in [-0.1, -0.05) is 46.3 Å². The summed E-state index contributed by atoms with van der Waals surface area (Å²) >= 11 is 3.11. The molecule has 0 spiro atoms. The van der Waals surface area contributed by atoms with Crippen molar-refractivity contribution in [3.8, 4) is 11.5 Å². The van der Waals surface area contributed by atoms with E-state index in [2.05, 4.69) is 21.2 Å².